The van der Waals surface area contributed by atoms with Crippen LogP contribution >= 0.6 is 0 Å². The summed E-state index contributed by atoms with van der Waals surface area (Å²) in [6, 6.07) is 7.15. The lowest BCUT2D eigenvalue weighted by molar-refractivity contribution is -0.146. The zero-order chi connectivity index (χ0) is 17.6. The van der Waals surface area contributed by atoms with Crippen LogP contribution in [-0.2, 0) is 14.4 Å². The first-order valence-corrected chi connectivity index (χ1v) is 8.67. The van der Waals surface area contributed by atoms with E-state index in [0.717, 1.165) is 25.1 Å². The molecule has 2 N–H and O–H groups in total. The number of anilines is 2. The van der Waals surface area contributed by atoms with Crippen molar-refractivity contribution in [2.45, 2.75) is 19.3 Å². The molecule has 1 aromatic carbocycles. The largest absolute Gasteiger partial charge is 0.481 e. The topological polar surface area (TPSA) is 86.7 Å². The highest BCUT2D eigenvalue weighted by Crippen LogP contribution is 2.48. The Morgan fingerprint density at radius 3 is 2.36 bits per heavy atom. The molecule has 1 saturated heterocycles. The van der Waals surface area contributed by atoms with Crippen LogP contribution in [-0.4, -0.2) is 29.4 Å². The smallest absolute Gasteiger partial charge is 0.307 e. The SMILES string of the molecule is O=C(O)[C@H]1[C@H](C(=O)Nc2ccc(N3CCCC3=O)cc2)[C@H]2C=C[C@H]1C2. The number of carbonyl (C=O) groups excluding carboxylic acids is 2. The molecule has 25 heavy (non-hydrogen) atoms. The second-order valence-electron chi connectivity index (χ2n) is 7.02. The van der Waals surface area contributed by atoms with E-state index in [9.17, 15) is 19.5 Å². The summed E-state index contributed by atoms with van der Waals surface area (Å²) in [4.78, 5) is 37.7. The van der Waals surface area contributed by atoms with Crippen molar-refractivity contribution in [2.24, 2.45) is 23.7 Å². The Labute approximate surface area is 145 Å². The number of nitrogens with zero attached hydrogens (tertiary/aromatic N) is 1. The number of amides is 2. The van der Waals surface area contributed by atoms with Crippen LogP contribution in [0.4, 0.5) is 11.4 Å². The number of aliphatic carboxylic acids is 1. The number of hydrogen-bond acceptors (Lipinski definition) is 3. The van der Waals surface area contributed by atoms with Crippen molar-refractivity contribution >= 4 is 29.2 Å². The lowest BCUT2D eigenvalue weighted by Crippen LogP contribution is -2.36. The first-order chi connectivity index (χ1) is 12.0. The van der Waals surface area contributed by atoms with Crippen LogP contribution in [0, 0.1) is 23.7 Å². The molecule has 4 rings (SSSR count). The molecule has 0 unspecified atom stereocenters. The van der Waals surface area contributed by atoms with Gasteiger partial charge < -0.3 is 15.3 Å². The van der Waals surface area contributed by atoms with E-state index in [-0.39, 0.29) is 23.7 Å². The molecule has 2 bridgehead atoms. The molecule has 1 aromatic rings. The van der Waals surface area contributed by atoms with Gasteiger partial charge in [0.1, 0.15) is 0 Å². The predicted molar refractivity (Wildman–Crippen MR) is 92.0 cm³/mol. The van der Waals surface area contributed by atoms with Crippen molar-refractivity contribution in [3.63, 3.8) is 0 Å². The zero-order valence-corrected chi connectivity index (χ0v) is 13.7. The van der Waals surface area contributed by atoms with Gasteiger partial charge in [-0.25, -0.2) is 0 Å². The number of carbonyl (C=O) groups is 3. The maximum absolute atomic E-state index is 12.6. The van der Waals surface area contributed by atoms with Gasteiger partial charge in [0.25, 0.3) is 0 Å². The van der Waals surface area contributed by atoms with Crippen molar-refractivity contribution in [3.8, 4) is 0 Å². The Hall–Kier alpha value is -2.63. The van der Waals surface area contributed by atoms with Crippen molar-refractivity contribution < 1.29 is 19.5 Å². The molecule has 0 spiro atoms. The minimum Gasteiger partial charge on any atom is -0.481 e. The molecule has 1 aliphatic heterocycles. The third-order valence-corrected chi connectivity index (χ3v) is 5.57. The van der Waals surface area contributed by atoms with E-state index in [2.05, 4.69) is 5.32 Å². The fourth-order valence-electron chi connectivity index (χ4n) is 4.39. The third-order valence-electron chi connectivity index (χ3n) is 5.57. The summed E-state index contributed by atoms with van der Waals surface area (Å²) in [5, 5.41) is 12.3. The molecule has 2 amide bonds. The zero-order valence-electron chi connectivity index (χ0n) is 13.7. The highest BCUT2D eigenvalue weighted by molar-refractivity contribution is 5.98. The van der Waals surface area contributed by atoms with E-state index in [1.54, 1.807) is 17.0 Å². The van der Waals surface area contributed by atoms with Crippen LogP contribution in [0.5, 0.6) is 0 Å². The van der Waals surface area contributed by atoms with E-state index in [1.807, 2.05) is 24.3 Å². The second kappa shape index (κ2) is 6.02. The number of nitrogens with one attached hydrogen (secondary N) is 1. The first-order valence-electron chi connectivity index (χ1n) is 8.67. The van der Waals surface area contributed by atoms with Crippen LogP contribution in [0.2, 0.25) is 0 Å². The van der Waals surface area contributed by atoms with Crippen molar-refractivity contribution in [1.82, 2.24) is 0 Å². The minimum atomic E-state index is -0.903. The minimum absolute atomic E-state index is 0.00703. The second-order valence-corrected chi connectivity index (χ2v) is 7.02. The average Bonchev–Trinajstić information content (AvgIpc) is 3.30. The molecule has 6 nitrogen and oxygen atoms in total. The average molecular weight is 340 g/mol. The molecule has 3 aliphatic rings. The van der Waals surface area contributed by atoms with Gasteiger partial charge in [0, 0.05) is 24.3 Å². The number of hydrogen-bond donors (Lipinski definition) is 2. The summed E-state index contributed by atoms with van der Waals surface area (Å²) in [6.45, 7) is 0.725. The molecule has 0 radical (unpaired) electrons. The van der Waals surface area contributed by atoms with Crippen LogP contribution in [0.3, 0.4) is 0 Å². The van der Waals surface area contributed by atoms with Gasteiger partial charge in [-0.15, -0.1) is 0 Å². The Morgan fingerprint density at radius 2 is 1.76 bits per heavy atom. The first kappa shape index (κ1) is 15.9. The van der Waals surface area contributed by atoms with Gasteiger partial charge in [-0.3, -0.25) is 14.4 Å². The molecular formula is C19H20N2O4. The molecule has 1 saturated carbocycles. The van der Waals surface area contributed by atoms with Gasteiger partial charge in [-0.05, 0) is 48.9 Å². The number of carboxylic acids is 1. The number of rotatable bonds is 4. The van der Waals surface area contributed by atoms with Gasteiger partial charge in [-0.2, -0.15) is 0 Å². The van der Waals surface area contributed by atoms with E-state index in [0.29, 0.717) is 12.1 Å². The van der Waals surface area contributed by atoms with E-state index in [4.69, 9.17) is 0 Å². The summed E-state index contributed by atoms with van der Waals surface area (Å²) in [5.41, 5.74) is 1.45. The molecule has 2 fully saturated rings. The Morgan fingerprint density at radius 1 is 1.08 bits per heavy atom. The molecular weight excluding hydrogens is 320 g/mol. The predicted octanol–water partition coefficient (Wildman–Crippen LogP) is 2.27. The van der Waals surface area contributed by atoms with E-state index in [1.165, 1.54) is 0 Å². The van der Waals surface area contributed by atoms with Crippen molar-refractivity contribution in [3.05, 3.63) is 36.4 Å². The van der Waals surface area contributed by atoms with Gasteiger partial charge >= 0.3 is 5.97 Å². The van der Waals surface area contributed by atoms with Crippen molar-refractivity contribution in [1.29, 1.82) is 0 Å². The molecule has 130 valence electrons. The maximum Gasteiger partial charge on any atom is 0.307 e. The Balaban J connectivity index is 1.47. The third kappa shape index (κ3) is 2.71. The molecule has 2 aliphatic carbocycles. The van der Waals surface area contributed by atoms with Crippen LogP contribution < -0.4 is 10.2 Å². The van der Waals surface area contributed by atoms with Gasteiger partial charge in [0.2, 0.25) is 11.8 Å². The monoisotopic (exact) mass is 340 g/mol. The Bertz CT molecular complexity index is 755. The fraction of sp³-hybridized carbons (Fsp3) is 0.421. The molecule has 4 atom stereocenters. The standard InChI is InChI=1S/C19H20N2O4/c22-15-2-1-9-21(15)14-7-5-13(6-8-14)20-18(23)16-11-3-4-12(10-11)17(16)19(24)25/h3-8,11-12,16-17H,1-2,9-10H2,(H,20,23)(H,24,25)/t11-,12-,16+,17+/m0/s1. The lowest BCUT2D eigenvalue weighted by Gasteiger charge is -2.24. The normalized spacial score (nSPS) is 30.1. The summed E-state index contributed by atoms with van der Waals surface area (Å²) in [5.74, 6) is -2.22. The van der Waals surface area contributed by atoms with Gasteiger partial charge in [0.05, 0.1) is 11.8 Å². The molecule has 6 heteroatoms. The molecule has 0 aromatic heterocycles. The van der Waals surface area contributed by atoms with Crippen LogP contribution in [0.1, 0.15) is 19.3 Å². The van der Waals surface area contributed by atoms with Crippen molar-refractivity contribution in [2.75, 3.05) is 16.8 Å². The molecule has 1 heterocycles. The summed E-state index contributed by atoms with van der Waals surface area (Å²) >= 11 is 0. The number of carboxylic acid groups (broad SMARTS) is 1. The van der Waals surface area contributed by atoms with E-state index >= 15 is 0 Å². The fourth-order valence-corrected chi connectivity index (χ4v) is 4.39. The van der Waals surface area contributed by atoms with Gasteiger partial charge in [-0.1, -0.05) is 12.2 Å². The Kier molecular flexibility index (Phi) is 3.82. The quantitative estimate of drug-likeness (QED) is 0.823. The summed E-state index contributed by atoms with van der Waals surface area (Å²) < 4.78 is 0. The lowest BCUT2D eigenvalue weighted by atomic mass is 9.82. The summed E-state index contributed by atoms with van der Waals surface area (Å²) in [6.07, 6.45) is 6.08. The highest BCUT2D eigenvalue weighted by Gasteiger charge is 2.51. The number of allylic oxidation sites excluding steroid dienone is 2. The maximum atomic E-state index is 12.6. The van der Waals surface area contributed by atoms with E-state index < -0.39 is 17.8 Å². The summed E-state index contributed by atoms with van der Waals surface area (Å²) in [7, 11) is 0. The van der Waals surface area contributed by atoms with Crippen LogP contribution in [0.25, 0.3) is 0 Å². The highest BCUT2D eigenvalue weighted by atomic mass is 16.4. The number of benzene rings is 1. The van der Waals surface area contributed by atoms with Gasteiger partial charge in [0.15, 0.2) is 0 Å². The number of fused-ring (bicyclic) bond motifs is 2. The van der Waals surface area contributed by atoms with Crippen LogP contribution in [0.15, 0.2) is 36.4 Å².